The zero-order chi connectivity index (χ0) is 14.1. The van der Waals surface area contributed by atoms with Crippen LogP contribution in [-0.2, 0) is 4.79 Å². The predicted octanol–water partition coefficient (Wildman–Crippen LogP) is 2.76. The first kappa shape index (κ1) is 16.0. The second-order valence-corrected chi connectivity index (χ2v) is 3.28. The second kappa shape index (κ2) is 8.17. The third-order valence-electron chi connectivity index (χ3n) is 2.32. The van der Waals surface area contributed by atoms with Crippen LogP contribution in [0.4, 0.5) is 0 Å². The molecule has 100 valence electrons. The molecule has 0 aromatic heterocycles. The number of carbonyl (C=O) groups is 1. The molecule has 0 atom stereocenters. The highest BCUT2D eigenvalue weighted by Crippen LogP contribution is 2.19. The van der Waals surface area contributed by atoms with Gasteiger partial charge in [-0.1, -0.05) is 13.8 Å². The van der Waals surface area contributed by atoms with Crippen molar-refractivity contribution in [3.63, 3.8) is 0 Å². The molecule has 1 rings (SSSR count). The monoisotopic (exact) mass is 251 g/mol. The van der Waals surface area contributed by atoms with Crippen LogP contribution in [0.5, 0.6) is 5.75 Å². The van der Waals surface area contributed by atoms with Gasteiger partial charge in [-0.15, -0.1) is 0 Å². The minimum Gasteiger partial charge on any atom is -0.497 e. The molecule has 0 aliphatic carbocycles. The maximum atomic E-state index is 10.9. The maximum absolute atomic E-state index is 10.9. The minimum atomic E-state index is -0.930. The van der Waals surface area contributed by atoms with Gasteiger partial charge in [-0.2, -0.15) is 0 Å². The van der Waals surface area contributed by atoms with Crippen molar-refractivity contribution < 1.29 is 14.6 Å². The summed E-state index contributed by atoms with van der Waals surface area (Å²) in [5.41, 5.74) is 1.71. The van der Waals surface area contributed by atoms with Gasteiger partial charge in [0.1, 0.15) is 5.75 Å². The van der Waals surface area contributed by atoms with Gasteiger partial charge >= 0.3 is 5.97 Å². The van der Waals surface area contributed by atoms with Crippen LogP contribution in [0.25, 0.3) is 5.70 Å². The first-order valence-corrected chi connectivity index (χ1v) is 5.86. The van der Waals surface area contributed by atoms with E-state index in [4.69, 9.17) is 9.84 Å². The van der Waals surface area contributed by atoms with Crippen molar-refractivity contribution in [2.24, 2.45) is 0 Å². The van der Waals surface area contributed by atoms with Crippen LogP contribution in [0.2, 0.25) is 0 Å². The van der Waals surface area contributed by atoms with Gasteiger partial charge in [0, 0.05) is 7.05 Å². The van der Waals surface area contributed by atoms with Crippen LogP contribution in [0.3, 0.4) is 0 Å². The van der Waals surface area contributed by atoms with E-state index >= 15 is 0 Å². The van der Waals surface area contributed by atoms with Gasteiger partial charge in [0.15, 0.2) is 0 Å². The summed E-state index contributed by atoms with van der Waals surface area (Å²) in [6.45, 7) is 5.57. The summed E-state index contributed by atoms with van der Waals surface area (Å²) in [7, 11) is 3.29. The van der Waals surface area contributed by atoms with Gasteiger partial charge in [0.05, 0.1) is 18.4 Å². The molecular weight excluding hydrogens is 230 g/mol. The normalized spacial score (nSPS) is 10.7. The van der Waals surface area contributed by atoms with E-state index in [1.165, 1.54) is 0 Å². The number of hydrogen-bond donors (Lipinski definition) is 2. The van der Waals surface area contributed by atoms with Gasteiger partial charge in [0.2, 0.25) is 0 Å². The number of benzene rings is 1. The van der Waals surface area contributed by atoms with Crippen molar-refractivity contribution in [3.05, 3.63) is 35.4 Å². The summed E-state index contributed by atoms with van der Waals surface area (Å²) >= 11 is 0. The van der Waals surface area contributed by atoms with E-state index in [0.29, 0.717) is 5.70 Å². The Bertz CT molecular complexity index is 408. The number of aliphatic carboxylic acids is 1. The molecular formula is C14H21NO3. The Hall–Kier alpha value is -1.97. The lowest BCUT2D eigenvalue weighted by atomic mass is 10.1. The van der Waals surface area contributed by atoms with Crippen LogP contribution < -0.4 is 10.1 Å². The van der Waals surface area contributed by atoms with E-state index in [0.717, 1.165) is 11.3 Å². The van der Waals surface area contributed by atoms with Crippen molar-refractivity contribution in [2.75, 3.05) is 14.2 Å². The van der Waals surface area contributed by atoms with Crippen molar-refractivity contribution >= 4 is 11.7 Å². The van der Waals surface area contributed by atoms with E-state index in [2.05, 4.69) is 5.32 Å². The van der Waals surface area contributed by atoms with Gasteiger partial charge in [-0.05, 0) is 36.8 Å². The van der Waals surface area contributed by atoms with Gasteiger partial charge < -0.3 is 15.2 Å². The molecule has 0 aliphatic rings. The minimum absolute atomic E-state index is 0.285. The predicted molar refractivity (Wildman–Crippen MR) is 73.6 cm³/mol. The number of nitrogens with one attached hydrogen (secondary N) is 1. The number of hydrogen-bond acceptors (Lipinski definition) is 3. The van der Waals surface area contributed by atoms with Crippen molar-refractivity contribution in [1.29, 1.82) is 0 Å². The Kier molecular flexibility index (Phi) is 7.28. The molecule has 0 bridgehead atoms. The first-order valence-electron chi connectivity index (χ1n) is 5.86. The van der Waals surface area contributed by atoms with Crippen LogP contribution in [0.1, 0.15) is 26.3 Å². The zero-order valence-electron chi connectivity index (χ0n) is 11.6. The summed E-state index contributed by atoms with van der Waals surface area (Å²) in [5.74, 6) is -0.188. The van der Waals surface area contributed by atoms with Crippen LogP contribution in [0.15, 0.2) is 29.8 Å². The van der Waals surface area contributed by atoms with Crippen molar-refractivity contribution in [1.82, 2.24) is 5.32 Å². The molecule has 0 fully saturated rings. The molecule has 1 aromatic carbocycles. The summed E-state index contributed by atoms with van der Waals surface area (Å²) < 4.78 is 5.04. The molecule has 0 amide bonds. The molecule has 0 spiro atoms. The number of carboxylic acids is 1. The quantitative estimate of drug-likeness (QED) is 0.808. The largest absolute Gasteiger partial charge is 0.497 e. The highest BCUT2D eigenvalue weighted by molar-refractivity contribution is 5.95. The Morgan fingerprint density at radius 2 is 1.72 bits per heavy atom. The van der Waals surface area contributed by atoms with Gasteiger partial charge in [0.25, 0.3) is 0 Å². The second-order valence-electron chi connectivity index (χ2n) is 3.28. The Labute approximate surface area is 108 Å². The van der Waals surface area contributed by atoms with Crippen LogP contribution in [0, 0.1) is 0 Å². The summed E-state index contributed by atoms with van der Waals surface area (Å²) in [4.78, 5) is 10.9. The molecule has 0 saturated heterocycles. The van der Waals surface area contributed by atoms with Gasteiger partial charge in [-0.3, -0.25) is 0 Å². The van der Waals surface area contributed by atoms with E-state index < -0.39 is 5.97 Å². The average molecular weight is 251 g/mol. The third kappa shape index (κ3) is 4.13. The SMILES string of the molecule is CC.CN/C(=C(\C)C(=O)O)c1ccc(OC)cc1. The molecule has 0 radical (unpaired) electrons. The molecule has 0 unspecified atom stereocenters. The zero-order valence-corrected chi connectivity index (χ0v) is 11.6. The average Bonchev–Trinajstić information content (AvgIpc) is 2.42. The summed E-state index contributed by atoms with van der Waals surface area (Å²) in [6.07, 6.45) is 0. The van der Waals surface area contributed by atoms with Crippen molar-refractivity contribution in [3.8, 4) is 5.75 Å². The molecule has 2 N–H and O–H groups in total. The third-order valence-corrected chi connectivity index (χ3v) is 2.32. The molecule has 4 nitrogen and oxygen atoms in total. The lowest BCUT2D eigenvalue weighted by Crippen LogP contribution is -2.11. The Morgan fingerprint density at radius 3 is 2.06 bits per heavy atom. The Morgan fingerprint density at radius 1 is 1.22 bits per heavy atom. The van der Waals surface area contributed by atoms with E-state index in [1.54, 1.807) is 33.2 Å². The molecule has 1 aromatic rings. The standard InChI is InChI=1S/C12H15NO3.C2H6/c1-8(12(14)15)11(13-2)9-4-6-10(16-3)7-5-9;1-2/h4-7,13H,1-3H3,(H,14,15);1-2H3/b11-8+;. The smallest absolute Gasteiger partial charge is 0.333 e. The molecule has 18 heavy (non-hydrogen) atoms. The van der Waals surface area contributed by atoms with Crippen LogP contribution in [-0.4, -0.2) is 25.2 Å². The topological polar surface area (TPSA) is 58.6 Å². The lowest BCUT2D eigenvalue weighted by Gasteiger charge is -2.10. The molecule has 4 heteroatoms. The van der Waals surface area contributed by atoms with E-state index in [1.807, 2.05) is 26.0 Å². The lowest BCUT2D eigenvalue weighted by molar-refractivity contribution is -0.132. The fraction of sp³-hybridized carbons (Fsp3) is 0.357. The van der Waals surface area contributed by atoms with E-state index in [-0.39, 0.29) is 5.57 Å². The van der Waals surface area contributed by atoms with Crippen molar-refractivity contribution in [2.45, 2.75) is 20.8 Å². The fourth-order valence-corrected chi connectivity index (χ4v) is 1.41. The van der Waals surface area contributed by atoms with Crippen LogP contribution >= 0.6 is 0 Å². The number of carboxylic acid groups (broad SMARTS) is 1. The fourth-order valence-electron chi connectivity index (χ4n) is 1.41. The number of ether oxygens (including phenoxy) is 1. The summed E-state index contributed by atoms with van der Waals surface area (Å²) in [5, 5.41) is 11.8. The number of methoxy groups -OCH3 is 1. The number of rotatable bonds is 4. The highest BCUT2D eigenvalue weighted by atomic mass is 16.5. The first-order chi connectivity index (χ1) is 8.60. The van der Waals surface area contributed by atoms with E-state index in [9.17, 15) is 4.79 Å². The Balaban J connectivity index is 0.00000137. The highest BCUT2D eigenvalue weighted by Gasteiger charge is 2.09. The molecule has 0 heterocycles. The van der Waals surface area contributed by atoms with Gasteiger partial charge in [-0.25, -0.2) is 4.79 Å². The molecule has 0 saturated carbocycles. The maximum Gasteiger partial charge on any atom is 0.333 e. The summed E-state index contributed by atoms with van der Waals surface area (Å²) in [6, 6.07) is 7.22. The molecule has 0 aliphatic heterocycles.